The molecule has 0 saturated carbocycles. The minimum absolute atomic E-state index is 0.194. The Kier molecular flexibility index (Phi) is 5.28. The summed E-state index contributed by atoms with van der Waals surface area (Å²) in [7, 11) is 0. The summed E-state index contributed by atoms with van der Waals surface area (Å²) in [5, 5.41) is 10.8. The molecule has 2 aliphatic rings. The first kappa shape index (κ1) is 20.4. The summed E-state index contributed by atoms with van der Waals surface area (Å²) in [5.41, 5.74) is 7.26. The summed E-state index contributed by atoms with van der Waals surface area (Å²) in [6.45, 7) is 0.908. The van der Waals surface area contributed by atoms with E-state index in [0.29, 0.717) is 36.8 Å². The highest BCUT2D eigenvalue weighted by Gasteiger charge is 2.60. The minimum Gasteiger partial charge on any atom is -0.401 e. The molecule has 152 valence electrons. The van der Waals surface area contributed by atoms with Gasteiger partial charge in [0.25, 0.3) is 5.91 Å². The van der Waals surface area contributed by atoms with Gasteiger partial charge in [-0.2, -0.15) is 18.2 Å². The van der Waals surface area contributed by atoms with Crippen LogP contribution in [0.5, 0.6) is 0 Å². The van der Waals surface area contributed by atoms with Crippen molar-refractivity contribution in [2.24, 2.45) is 22.4 Å². The van der Waals surface area contributed by atoms with E-state index in [-0.39, 0.29) is 5.70 Å². The number of carbonyl (C=O) groups excluding carboxylic acids is 1. The lowest BCUT2D eigenvalue weighted by Crippen LogP contribution is -2.55. The van der Waals surface area contributed by atoms with E-state index in [1.54, 1.807) is 18.3 Å². The zero-order valence-electron chi connectivity index (χ0n) is 14.7. The summed E-state index contributed by atoms with van der Waals surface area (Å²) in [4.78, 5) is 21.0. The van der Waals surface area contributed by atoms with Crippen molar-refractivity contribution < 1.29 is 23.1 Å². The molecule has 1 fully saturated rings. The Hall–Kier alpha value is -2.33. The summed E-state index contributed by atoms with van der Waals surface area (Å²) >= 11 is 6.14. The molecule has 3 rings (SSSR count). The quantitative estimate of drug-likeness (QED) is 0.674. The maximum absolute atomic E-state index is 13.5. The number of pyridine rings is 1. The SMILES string of the molecule is NC1=NC(=O)CC(O)(C(F)(F)F)C1=C(N)C1CCN(c2ncccc2Cl)CC1. The molecule has 1 amide bonds. The maximum atomic E-state index is 13.5. The predicted octanol–water partition coefficient (Wildman–Crippen LogP) is 1.75. The molecule has 1 unspecified atom stereocenters. The van der Waals surface area contributed by atoms with Crippen LogP contribution in [0.2, 0.25) is 5.02 Å². The number of piperidine rings is 1. The first-order valence-corrected chi connectivity index (χ1v) is 8.94. The number of aromatic nitrogens is 1. The number of hydrogen-bond acceptors (Lipinski definition) is 6. The predicted molar refractivity (Wildman–Crippen MR) is 97.6 cm³/mol. The van der Waals surface area contributed by atoms with Crippen molar-refractivity contribution in [1.82, 2.24) is 4.98 Å². The van der Waals surface area contributed by atoms with Crippen LogP contribution in [0.25, 0.3) is 0 Å². The van der Waals surface area contributed by atoms with Crippen LogP contribution in [0, 0.1) is 5.92 Å². The van der Waals surface area contributed by atoms with Crippen LogP contribution in [0.3, 0.4) is 0 Å². The van der Waals surface area contributed by atoms with E-state index in [1.807, 2.05) is 4.90 Å². The van der Waals surface area contributed by atoms with Crippen LogP contribution >= 0.6 is 11.6 Å². The molecule has 1 atom stereocenters. The number of alkyl halides is 3. The molecule has 1 aromatic rings. The third kappa shape index (κ3) is 3.53. The molecule has 0 bridgehead atoms. The Morgan fingerprint density at radius 2 is 2.00 bits per heavy atom. The summed E-state index contributed by atoms with van der Waals surface area (Å²) in [6.07, 6.45) is -3.96. The van der Waals surface area contributed by atoms with Gasteiger partial charge in [-0.15, -0.1) is 0 Å². The molecule has 1 saturated heterocycles. The smallest absolute Gasteiger partial charge is 0.401 e. The maximum Gasteiger partial charge on any atom is 0.422 e. The highest BCUT2D eigenvalue weighted by Crippen LogP contribution is 2.43. The van der Waals surface area contributed by atoms with Crippen molar-refractivity contribution >= 4 is 29.2 Å². The van der Waals surface area contributed by atoms with Gasteiger partial charge in [0.2, 0.25) is 0 Å². The van der Waals surface area contributed by atoms with Gasteiger partial charge in [0, 0.05) is 30.9 Å². The molecule has 11 heteroatoms. The van der Waals surface area contributed by atoms with E-state index < -0.39 is 41.4 Å². The molecule has 0 radical (unpaired) electrons. The normalized spacial score (nSPS) is 26.2. The number of halogens is 4. The van der Waals surface area contributed by atoms with Gasteiger partial charge in [0.05, 0.1) is 17.0 Å². The zero-order valence-corrected chi connectivity index (χ0v) is 15.5. The van der Waals surface area contributed by atoms with Crippen molar-refractivity contribution in [3.8, 4) is 0 Å². The number of rotatable bonds is 2. The van der Waals surface area contributed by atoms with Crippen molar-refractivity contribution in [2.45, 2.75) is 31.0 Å². The number of amidine groups is 1. The molecule has 7 nitrogen and oxygen atoms in total. The van der Waals surface area contributed by atoms with Crippen molar-refractivity contribution in [1.29, 1.82) is 0 Å². The lowest BCUT2D eigenvalue weighted by molar-refractivity contribution is -0.244. The third-order valence-electron chi connectivity index (χ3n) is 5.05. The number of aliphatic hydroxyl groups is 1. The van der Waals surface area contributed by atoms with Crippen LogP contribution in [-0.2, 0) is 4.79 Å². The van der Waals surface area contributed by atoms with Crippen LogP contribution in [0.1, 0.15) is 19.3 Å². The second kappa shape index (κ2) is 7.25. The molecule has 0 aliphatic carbocycles. The number of carbonyl (C=O) groups is 1. The van der Waals surface area contributed by atoms with Crippen molar-refractivity contribution in [2.75, 3.05) is 18.0 Å². The van der Waals surface area contributed by atoms with Gasteiger partial charge >= 0.3 is 6.18 Å². The number of allylic oxidation sites excluding steroid dienone is 1. The molecule has 28 heavy (non-hydrogen) atoms. The Morgan fingerprint density at radius 3 is 2.57 bits per heavy atom. The number of aliphatic imine (C=N–C) groups is 1. The number of nitrogens with two attached hydrogens (primary N) is 2. The zero-order chi connectivity index (χ0) is 20.7. The molecule has 0 aromatic carbocycles. The number of hydrogen-bond donors (Lipinski definition) is 3. The molecule has 0 spiro atoms. The van der Waals surface area contributed by atoms with E-state index in [4.69, 9.17) is 23.1 Å². The van der Waals surface area contributed by atoms with Gasteiger partial charge < -0.3 is 21.5 Å². The molecule has 1 aromatic heterocycles. The van der Waals surface area contributed by atoms with Gasteiger partial charge in [-0.1, -0.05) is 11.6 Å². The highest BCUT2D eigenvalue weighted by molar-refractivity contribution is 6.32. The lowest BCUT2D eigenvalue weighted by atomic mass is 9.80. The standard InChI is InChI=1S/C17H19ClF3N5O2/c18-10-2-1-5-24-15(10)26-6-3-9(4-7-26)13(22)12-14(23)25-11(27)8-16(12,28)17(19,20)21/h1-2,5,9,28H,3-4,6-8,22H2,(H2,23,25,27). The van der Waals surface area contributed by atoms with E-state index in [2.05, 4.69) is 9.98 Å². The average molecular weight is 418 g/mol. The number of nitrogens with zero attached hydrogens (tertiary/aromatic N) is 3. The summed E-state index contributed by atoms with van der Waals surface area (Å²) in [5.74, 6) is -1.72. The average Bonchev–Trinajstić information content (AvgIpc) is 2.60. The Labute approximate surface area is 163 Å². The second-order valence-corrected chi connectivity index (χ2v) is 7.23. The van der Waals surface area contributed by atoms with Gasteiger partial charge in [-0.05, 0) is 25.0 Å². The van der Waals surface area contributed by atoms with E-state index in [9.17, 15) is 23.1 Å². The van der Waals surface area contributed by atoms with E-state index in [0.717, 1.165) is 0 Å². The first-order valence-electron chi connectivity index (χ1n) is 8.56. The Bertz CT molecular complexity index is 849. The minimum atomic E-state index is -5.12. The van der Waals surface area contributed by atoms with Crippen LogP contribution < -0.4 is 16.4 Å². The third-order valence-corrected chi connectivity index (χ3v) is 5.35. The monoisotopic (exact) mass is 417 g/mol. The van der Waals surface area contributed by atoms with Gasteiger partial charge in [-0.25, -0.2) is 4.98 Å². The summed E-state index contributed by atoms with van der Waals surface area (Å²) in [6, 6.07) is 3.40. The fraction of sp³-hybridized carbons (Fsp3) is 0.471. The summed E-state index contributed by atoms with van der Waals surface area (Å²) < 4.78 is 40.6. The molecular formula is C17H19ClF3N5O2. The van der Waals surface area contributed by atoms with Gasteiger partial charge in [0.15, 0.2) is 5.60 Å². The lowest BCUT2D eigenvalue weighted by Gasteiger charge is -2.38. The van der Waals surface area contributed by atoms with Crippen LogP contribution in [-0.4, -0.2) is 46.7 Å². The van der Waals surface area contributed by atoms with Crippen LogP contribution in [0.15, 0.2) is 34.6 Å². The van der Waals surface area contributed by atoms with Crippen molar-refractivity contribution in [3.63, 3.8) is 0 Å². The van der Waals surface area contributed by atoms with E-state index in [1.165, 1.54) is 0 Å². The number of anilines is 1. The van der Waals surface area contributed by atoms with Gasteiger partial charge in [0.1, 0.15) is 11.7 Å². The van der Waals surface area contributed by atoms with E-state index >= 15 is 0 Å². The molecule has 5 N–H and O–H groups in total. The second-order valence-electron chi connectivity index (χ2n) is 6.83. The molecule has 2 aliphatic heterocycles. The molecular weight excluding hydrogens is 399 g/mol. The fourth-order valence-corrected chi connectivity index (χ4v) is 3.84. The fourth-order valence-electron chi connectivity index (χ4n) is 3.59. The Morgan fingerprint density at radius 1 is 1.36 bits per heavy atom. The van der Waals surface area contributed by atoms with Crippen LogP contribution in [0.4, 0.5) is 19.0 Å². The number of amides is 1. The largest absolute Gasteiger partial charge is 0.422 e. The van der Waals surface area contributed by atoms with Gasteiger partial charge in [-0.3, -0.25) is 4.79 Å². The van der Waals surface area contributed by atoms with Crippen molar-refractivity contribution in [3.05, 3.63) is 34.6 Å². The highest BCUT2D eigenvalue weighted by atomic mass is 35.5. The Balaban J connectivity index is 1.89. The first-order chi connectivity index (χ1) is 13.0. The topological polar surface area (TPSA) is 118 Å². The molecule has 3 heterocycles.